The Hall–Kier alpha value is -3.13. The molecule has 0 radical (unpaired) electrons. The zero-order valence-corrected chi connectivity index (χ0v) is 13.7. The van der Waals surface area contributed by atoms with Crippen LogP contribution in [0.25, 0.3) is 0 Å². The van der Waals surface area contributed by atoms with E-state index in [1.807, 2.05) is 0 Å². The van der Waals surface area contributed by atoms with E-state index in [1.165, 1.54) is 30.3 Å². The normalized spacial score (nSPS) is 10.5. The van der Waals surface area contributed by atoms with Crippen molar-refractivity contribution in [2.24, 2.45) is 0 Å². The van der Waals surface area contributed by atoms with Crippen molar-refractivity contribution in [1.29, 1.82) is 0 Å². The Labute approximate surface area is 150 Å². The van der Waals surface area contributed by atoms with Gasteiger partial charge in [-0.15, -0.1) is 10.2 Å². The van der Waals surface area contributed by atoms with Crippen LogP contribution in [0.1, 0.15) is 10.5 Å². The van der Waals surface area contributed by atoms with E-state index >= 15 is 0 Å². The van der Waals surface area contributed by atoms with Crippen molar-refractivity contribution in [3.63, 3.8) is 0 Å². The monoisotopic (exact) mass is 378 g/mol. The Kier molecular flexibility index (Phi) is 5.04. The molecule has 0 spiro atoms. The molecule has 2 N–H and O–H groups in total. The van der Waals surface area contributed by atoms with Gasteiger partial charge in [-0.3, -0.25) is 4.79 Å². The number of hydrogen-bond donors (Lipinski definition) is 2. The van der Waals surface area contributed by atoms with Crippen LogP contribution in [-0.4, -0.2) is 16.1 Å². The number of nitrogens with zero attached hydrogens (tertiary/aromatic N) is 2. The van der Waals surface area contributed by atoms with Gasteiger partial charge >= 0.3 is 0 Å². The lowest BCUT2D eigenvalue weighted by molar-refractivity contribution is 0.102. The molecular weight excluding hydrogens is 369 g/mol. The quantitative estimate of drug-likeness (QED) is 0.699. The second kappa shape index (κ2) is 7.40. The average Bonchev–Trinajstić information content (AvgIpc) is 2.61. The summed E-state index contributed by atoms with van der Waals surface area (Å²) < 4.78 is 39.6. The van der Waals surface area contributed by atoms with Crippen molar-refractivity contribution in [3.05, 3.63) is 76.7 Å². The second-order valence-electron chi connectivity index (χ2n) is 5.14. The zero-order chi connectivity index (χ0) is 18.7. The lowest BCUT2D eigenvalue weighted by Gasteiger charge is -2.07. The summed E-state index contributed by atoms with van der Waals surface area (Å²) in [5.41, 5.74) is 0.231. The summed E-state index contributed by atoms with van der Waals surface area (Å²) in [6, 6.07) is 9.61. The van der Waals surface area contributed by atoms with Crippen LogP contribution in [0.3, 0.4) is 0 Å². The Balaban J connectivity index is 1.70. The number of benzene rings is 2. The third-order valence-electron chi connectivity index (χ3n) is 3.27. The first-order valence-corrected chi connectivity index (χ1v) is 7.62. The summed E-state index contributed by atoms with van der Waals surface area (Å²) >= 11 is 5.69. The summed E-state index contributed by atoms with van der Waals surface area (Å²) in [7, 11) is 0. The maximum absolute atomic E-state index is 13.6. The molecule has 1 heterocycles. The lowest BCUT2D eigenvalue weighted by atomic mass is 10.2. The summed E-state index contributed by atoms with van der Waals surface area (Å²) in [6.07, 6.45) is 0. The summed E-state index contributed by atoms with van der Waals surface area (Å²) in [5.74, 6) is -2.63. The molecule has 0 aliphatic heterocycles. The molecule has 5 nitrogen and oxygen atoms in total. The number of anilines is 3. The summed E-state index contributed by atoms with van der Waals surface area (Å²) in [6.45, 7) is 0. The van der Waals surface area contributed by atoms with E-state index in [9.17, 15) is 18.0 Å². The third-order valence-corrected chi connectivity index (χ3v) is 3.56. The predicted molar refractivity (Wildman–Crippen MR) is 91.0 cm³/mol. The fourth-order valence-corrected chi connectivity index (χ4v) is 2.20. The van der Waals surface area contributed by atoms with Crippen molar-refractivity contribution in [3.8, 4) is 0 Å². The van der Waals surface area contributed by atoms with Gasteiger partial charge in [-0.05, 0) is 42.5 Å². The second-order valence-corrected chi connectivity index (χ2v) is 5.54. The molecule has 3 rings (SSSR count). The molecule has 3 aromatic rings. The van der Waals surface area contributed by atoms with Gasteiger partial charge in [0.15, 0.2) is 11.5 Å². The maximum atomic E-state index is 13.6. The van der Waals surface area contributed by atoms with Crippen LogP contribution in [0.5, 0.6) is 0 Å². The molecule has 2 aromatic carbocycles. The van der Waals surface area contributed by atoms with Crippen molar-refractivity contribution >= 4 is 34.7 Å². The van der Waals surface area contributed by atoms with E-state index in [2.05, 4.69) is 20.8 Å². The molecule has 0 saturated carbocycles. The largest absolute Gasteiger partial charge is 0.339 e. The van der Waals surface area contributed by atoms with Crippen molar-refractivity contribution in [2.45, 2.75) is 0 Å². The highest BCUT2D eigenvalue weighted by Gasteiger charge is 2.12. The van der Waals surface area contributed by atoms with Gasteiger partial charge in [0.25, 0.3) is 5.91 Å². The number of carbonyl (C=O) groups is 1. The van der Waals surface area contributed by atoms with E-state index in [0.717, 1.165) is 12.1 Å². The standard InChI is InChI=1S/C17H10ClF3N4O/c18-11-8-10(2-3-12(11)20)22-16-6-5-15(24-25-16)17(26)23-14-4-1-9(19)7-13(14)21/h1-8H,(H,22,25)(H,23,26). The molecule has 0 unspecified atom stereocenters. The van der Waals surface area contributed by atoms with Crippen LogP contribution in [0.4, 0.5) is 30.4 Å². The summed E-state index contributed by atoms with van der Waals surface area (Å²) in [4.78, 5) is 12.0. The Morgan fingerprint density at radius 1 is 0.923 bits per heavy atom. The van der Waals surface area contributed by atoms with E-state index in [1.54, 1.807) is 0 Å². The highest BCUT2D eigenvalue weighted by Crippen LogP contribution is 2.22. The fourth-order valence-electron chi connectivity index (χ4n) is 2.02. The van der Waals surface area contributed by atoms with Gasteiger partial charge in [-0.1, -0.05) is 11.6 Å². The van der Waals surface area contributed by atoms with Gasteiger partial charge in [0.2, 0.25) is 0 Å². The highest BCUT2D eigenvalue weighted by atomic mass is 35.5. The first-order valence-electron chi connectivity index (χ1n) is 7.24. The summed E-state index contributed by atoms with van der Waals surface area (Å²) in [5, 5.41) is 12.6. The minimum Gasteiger partial charge on any atom is -0.339 e. The zero-order valence-electron chi connectivity index (χ0n) is 12.9. The molecule has 1 aromatic heterocycles. The molecule has 0 bridgehead atoms. The van der Waals surface area contributed by atoms with Crippen molar-refractivity contribution < 1.29 is 18.0 Å². The third kappa shape index (κ3) is 4.09. The van der Waals surface area contributed by atoms with E-state index in [-0.39, 0.29) is 22.2 Å². The minimum atomic E-state index is -0.905. The van der Waals surface area contributed by atoms with Crippen LogP contribution in [0.2, 0.25) is 5.02 Å². The van der Waals surface area contributed by atoms with E-state index in [0.29, 0.717) is 11.8 Å². The number of rotatable bonds is 4. The maximum Gasteiger partial charge on any atom is 0.276 e. The van der Waals surface area contributed by atoms with Crippen molar-refractivity contribution in [2.75, 3.05) is 10.6 Å². The van der Waals surface area contributed by atoms with Gasteiger partial charge in [0.05, 0.1) is 10.7 Å². The Morgan fingerprint density at radius 3 is 2.38 bits per heavy atom. The molecule has 0 aliphatic rings. The van der Waals surface area contributed by atoms with Crippen LogP contribution in [0.15, 0.2) is 48.5 Å². The first kappa shape index (κ1) is 17.7. The van der Waals surface area contributed by atoms with E-state index < -0.39 is 23.4 Å². The molecule has 0 saturated heterocycles. The van der Waals surface area contributed by atoms with Crippen LogP contribution in [-0.2, 0) is 0 Å². The van der Waals surface area contributed by atoms with Gasteiger partial charge in [-0.25, -0.2) is 13.2 Å². The number of carbonyl (C=O) groups excluding carboxylic acids is 1. The number of amides is 1. The lowest BCUT2D eigenvalue weighted by Crippen LogP contribution is -2.15. The van der Waals surface area contributed by atoms with Gasteiger partial charge in [-0.2, -0.15) is 0 Å². The Morgan fingerprint density at radius 2 is 1.73 bits per heavy atom. The smallest absolute Gasteiger partial charge is 0.276 e. The Bertz CT molecular complexity index is 967. The molecule has 0 atom stereocenters. The SMILES string of the molecule is O=C(Nc1ccc(F)cc1F)c1ccc(Nc2ccc(F)c(Cl)c2)nn1. The molecule has 26 heavy (non-hydrogen) atoms. The molecule has 0 fully saturated rings. The number of halogens is 4. The number of hydrogen-bond acceptors (Lipinski definition) is 4. The van der Waals surface area contributed by atoms with Gasteiger partial charge in [0, 0.05) is 11.8 Å². The topological polar surface area (TPSA) is 66.9 Å². The fraction of sp³-hybridized carbons (Fsp3) is 0. The molecular formula is C17H10ClF3N4O. The predicted octanol–water partition coefficient (Wildman–Crippen LogP) is 4.54. The van der Waals surface area contributed by atoms with Gasteiger partial charge in [0.1, 0.15) is 17.5 Å². The molecule has 1 amide bonds. The first-order chi connectivity index (χ1) is 12.4. The molecule has 0 aliphatic carbocycles. The van der Waals surface area contributed by atoms with E-state index in [4.69, 9.17) is 11.6 Å². The molecule has 132 valence electrons. The molecule has 9 heteroatoms. The van der Waals surface area contributed by atoms with Crippen LogP contribution < -0.4 is 10.6 Å². The van der Waals surface area contributed by atoms with Crippen LogP contribution >= 0.6 is 11.6 Å². The van der Waals surface area contributed by atoms with Crippen molar-refractivity contribution in [1.82, 2.24) is 10.2 Å². The highest BCUT2D eigenvalue weighted by molar-refractivity contribution is 6.31. The minimum absolute atomic E-state index is 0.0553. The average molecular weight is 379 g/mol. The van der Waals surface area contributed by atoms with Crippen LogP contribution in [0, 0.1) is 17.5 Å². The number of aromatic nitrogens is 2. The van der Waals surface area contributed by atoms with Gasteiger partial charge < -0.3 is 10.6 Å². The number of nitrogens with one attached hydrogen (secondary N) is 2.